The van der Waals surface area contributed by atoms with Crippen LogP contribution in [0.2, 0.25) is 0 Å². The Labute approximate surface area is 167 Å². The molecular weight excluding hydrogens is 347 g/mol. The Morgan fingerprint density at radius 3 is 2.63 bits per heavy atom. The molecule has 5 unspecified atom stereocenters. The van der Waals surface area contributed by atoms with Gasteiger partial charge in [0.05, 0.1) is 0 Å². The number of hydrogen-bond donors (Lipinski definition) is 0. The fraction of sp³-hybridized carbons (Fsp3) is 0.520. The van der Waals surface area contributed by atoms with Crippen molar-refractivity contribution in [1.82, 2.24) is 0 Å². The summed E-state index contributed by atoms with van der Waals surface area (Å²) in [5.41, 5.74) is 5.02. The van der Waals surface area contributed by atoms with Crippen LogP contribution in [0.4, 0.5) is 0 Å². The molecular formula is C25H33OP. The zero-order valence-electron chi connectivity index (χ0n) is 16.6. The van der Waals surface area contributed by atoms with Crippen molar-refractivity contribution in [3.63, 3.8) is 0 Å². The molecule has 0 spiro atoms. The highest BCUT2D eigenvalue weighted by atomic mass is 31.0. The van der Waals surface area contributed by atoms with Crippen LogP contribution in [0.1, 0.15) is 68.2 Å². The number of ether oxygens (including phenoxy) is 1. The minimum Gasteiger partial charge on any atom is -0.485 e. The number of rotatable bonds is 4. The lowest BCUT2D eigenvalue weighted by atomic mass is 9.72. The second-order valence-corrected chi connectivity index (χ2v) is 9.38. The van der Waals surface area contributed by atoms with Gasteiger partial charge >= 0.3 is 0 Å². The summed E-state index contributed by atoms with van der Waals surface area (Å²) in [5.74, 6) is 2.50. The Kier molecular flexibility index (Phi) is 6.18. The molecule has 0 aromatic heterocycles. The third-order valence-electron chi connectivity index (χ3n) is 6.72. The van der Waals surface area contributed by atoms with Crippen molar-refractivity contribution >= 4 is 9.24 Å². The number of hydrogen-bond acceptors (Lipinski definition) is 1. The predicted octanol–water partition coefficient (Wildman–Crippen LogP) is 6.76. The van der Waals surface area contributed by atoms with Gasteiger partial charge in [-0.15, -0.1) is 9.24 Å². The number of fused-ring (bicyclic) bond motifs is 1. The first kappa shape index (κ1) is 19.0. The minimum atomic E-state index is 0.197. The van der Waals surface area contributed by atoms with E-state index in [0.717, 1.165) is 23.7 Å². The van der Waals surface area contributed by atoms with Crippen LogP contribution in [0.5, 0.6) is 5.75 Å². The summed E-state index contributed by atoms with van der Waals surface area (Å²) in [6.45, 7) is 2.22. The van der Waals surface area contributed by atoms with Crippen molar-refractivity contribution < 1.29 is 4.74 Å². The van der Waals surface area contributed by atoms with Crippen LogP contribution in [0, 0.1) is 11.8 Å². The summed E-state index contributed by atoms with van der Waals surface area (Å²) >= 11 is 0. The van der Waals surface area contributed by atoms with Crippen molar-refractivity contribution in [3.8, 4) is 5.75 Å². The molecule has 144 valence electrons. The van der Waals surface area contributed by atoms with E-state index < -0.39 is 0 Å². The molecule has 5 atom stereocenters. The van der Waals surface area contributed by atoms with Crippen LogP contribution in [-0.2, 0) is 12.8 Å². The number of para-hydroxylation sites is 1. The van der Waals surface area contributed by atoms with E-state index in [1.54, 1.807) is 0 Å². The van der Waals surface area contributed by atoms with E-state index in [9.17, 15) is 0 Å². The van der Waals surface area contributed by atoms with Crippen LogP contribution in [0.15, 0.2) is 48.5 Å². The maximum Gasteiger partial charge on any atom is 0.127 e. The van der Waals surface area contributed by atoms with E-state index in [2.05, 4.69) is 64.7 Å². The highest BCUT2D eigenvalue weighted by Crippen LogP contribution is 2.46. The average molecular weight is 381 g/mol. The van der Waals surface area contributed by atoms with E-state index in [-0.39, 0.29) is 6.10 Å². The van der Waals surface area contributed by atoms with Gasteiger partial charge in [0.25, 0.3) is 0 Å². The molecule has 0 amide bonds. The van der Waals surface area contributed by atoms with Crippen molar-refractivity contribution in [3.05, 3.63) is 65.2 Å². The van der Waals surface area contributed by atoms with E-state index in [0.29, 0.717) is 5.92 Å². The summed E-state index contributed by atoms with van der Waals surface area (Å²) in [6.07, 6.45) is 10.5. The molecule has 1 fully saturated rings. The molecule has 2 aliphatic rings. The fourth-order valence-electron chi connectivity index (χ4n) is 5.25. The van der Waals surface area contributed by atoms with E-state index >= 15 is 0 Å². The fourth-order valence-corrected chi connectivity index (χ4v) is 5.84. The summed E-state index contributed by atoms with van der Waals surface area (Å²) in [6, 6.07) is 17.6. The maximum absolute atomic E-state index is 6.84. The minimum absolute atomic E-state index is 0.197. The third-order valence-corrected chi connectivity index (χ3v) is 7.32. The molecule has 2 aliphatic carbocycles. The summed E-state index contributed by atoms with van der Waals surface area (Å²) < 4.78 is 6.84. The zero-order valence-corrected chi connectivity index (χ0v) is 17.7. The Morgan fingerprint density at radius 2 is 1.74 bits per heavy atom. The van der Waals surface area contributed by atoms with Crippen molar-refractivity contribution in [1.29, 1.82) is 0 Å². The van der Waals surface area contributed by atoms with Crippen LogP contribution < -0.4 is 4.74 Å². The topological polar surface area (TPSA) is 9.23 Å². The molecule has 2 heteroatoms. The van der Waals surface area contributed by atoms with Gasteiger partial charge in [0.1, 0.15) is 11.9 Å². The lowest BCUT2D eigenvalue weighted by Gasteiger charge is -2.39. The van der Waals surface area contributed by atoms with Gasteiger partial charge in [-0.3, -0.25) is 0 Å². The normalized spacial score (nSPS) is 28.2. The summed E-state index contributed by atoms with van der Waals surface area (Å²) in [7, 11) is 3.12. The van der Waals surface area contributed by atoms with Crippen molar-refractivity contribution in [2.24, 2.45) is 11.8 Å². The average Bonchev–Trinajstić information content (AvgIpc) is 2.93. The molecule has 0 aliphatic heterocycles. The molecule has 2 aromatic rings. The molecule has 1 saturated carbocycles. The molecule has 0 bridgehead atoms. The molecule has 0 heterocycles. The standard InChI is InChI=1S/C25H33OP/c1-2-18-9-5-8-14-24(18)26-25-22-13-7-4-10-19(22)15-16-23(25)20-11-3-6-12-21(27)17-20/h4-5,7-10,13-14,20-21,23,25H,2-3,6,11-12,15-17,27H2,1H3. The molecule has 0 saturated heterocycles. The lowest BCUT2D eigenvalue weighted by molar-refractivity contribution is 0.0720. The first-order valence-corrected chi connectivity index (χ1v) is 11.5. The molecule has 27 heavy (non-hydrogen) atoms. The molecule has 4 rings (SSSR count). The quantitative estimate of drug-likeness (QED) is 0.421. The van der Waals surface area contributed by atoms with E-state index in [1.807, 2.05) is 0 Å². The van der Waals surface area contributed by atoms with Gasteiger partial charge in [0.2, 0.25) is 0 Å². The first-order valence-electron chi connectivity index (χ1n) is 10.8. The van der Waals surface area contributed by atoms with Gasteiger partial charge in [0.15, 0.2) is 0 Å². The molecule has 2 aromatic carbocycles. The van der Waals surface area contributed by atoms with Gasteiger partial charge in [-0.2, -0.15) is 0 Å². The smallest absolute Gasteiger partial charge is 0.127 e. The predicted molar refractivity (Wildman–Crippen MR) is 118 cm³/mol. The first-order chi connectivity index (χ1) is 13.3. The van der Waals surface area contributed by atoms with Crippen LogP contribution in [-0.4, -0.2) is 5.66 Å². The Balaban J connectivity index is 1.67. The highest BCUT2D eigenvalue weighted by molar-refractivity contribution is 7.17. The maximum atomic E-state index is 6.84. The Morgan fingerprint density at radius 1 is 0.963 bits per heavy atom. The van der Waals surface area contributed by atoms with Gasteiger partial charge in [-0.1, -0.05) is 68.7 Å². The van der Waals surface area contributed by atoms with E-state index in [1.165, 1.54) is 61.6 Å². The molecule has 0 N–H and O–H groups in total. The highest BCUT2D eigenvalue weighted by Gasteiger charge is 2.37. The number of aryl methyl sites for hydroxylation is 2. The second-order valence-electron chi connectivity index (χ2n) is 8.44. The Bertz CT molecular complexity index is 755. The molecule has 0 radical (unpaired) electrons. The summed E-state index contributed by atoms with van der Waals surface area (Å²) in [4.78, 5) is 0. The molecule has 1 nitrogen and oxygen atoms in total. The zero-order chi connectivity index (χ0) is 18.6. The number of benzene rings is 2. The Hall–Kier alpha value is -1.33. The second kappa shape index (κ2) is 8.78. The van der Waals surface area contributed by atoms with Gasteiger partial charge in [-0.05, 0) is 66.4 Å². The summed E-state index contributed by atoms with van der Waals surface area (Å²) in [5, 5.41) is 0. The van der Waals surface area contributed by atoms with Crippen molar-refractivity contribution in [2.75, 3.05) is 0 Å². The third kappa shape index (κ3) is 4.24. The van der Waals surface area contributed by atoms with Gasteiger partial charge < -0.3 is 4.74 Å². The SMILES string of the molecule is CCc1ccccc1OC1c2ccccc2CCC1C1CCCCC(P)C1. The van der Waals surface area contributed by atoms with Gasteiger partial charge in [0, 0.05) is 5.92 Å². The van der Waals surface area contributed by atoms with Crippen LogP contribution >= 0.6 is 9.24 Å². The van der Waals surface area contributed by atoms with E-state index in [4.69, 9.17) is 4.74 Å². The van der Waals surface area contributed by atoms with Gasteiger partial charge in [-0.25, -0.2) is 0 Å². The monoisotopic (exact) mass is 380 g/mol. The largest absolute Gasteiger partial charge is 0.485 e. The lowest BCUT2D eigenvalue weighted by Crippen LogP contribution is -2.31. The van der Waals surface area contributed by atoms with Crippen molar-refractivity contribution in [2.45, 2.75) is 70.1 Å². The van der Waals surface area contributed by atoms with Crippen LogP contribution in [0.25, 0.3) is 0 Å². The van der Waals surface area contributed by atoms with Crippen LogP contribution in [0.3, 0.4) is 0 Å².